The number of esters is 1. The number of hydrogen-bond donors (Lipinski definition) is 1. The van der Waals surface area contributed by atoms with Crippen molar-refractivity contribution in [1.82, 2.24) is 0 Å². The van der Waals surface area contributed by atoms with Crippen LogP contribution in [0, 0.1) is 11.6 Å². The molecule has 3 aromatic rings. The van der Waals surface area contributed by atoms with Gasteiger partial charge >= 0.3 is 18.5 Å². The average molecular weight is 541 g/mol. The number of halogens is 6. The van der Waals surface area contributed by atoms with Crippen LogP contribution in [0.5, 0.6) is 11.5 Å². The molecule has 0 bridgehead atoms. The molecule has 2 N–H and O–H groups in total. The van der Waals surface area contributed by atoms with E-state index in [4.69, 9.17) is 10.5 Å². The maximum atomic E-state index is 14.6. The molecule has 0 saturated heterocycles. The average Bonchev–Trinajstić information content (AvgIpc) is 2.84. The lowest BCUT2D eigenvalue weighted by molar-refractivity contribution is -0.253. The van der Waals surface area contributed by atoms with Crippen molar-refractivity contribution in [3.63, 3.8) is 0 Å². The summed E-state index contributed by atoms with van der Waals surface area (Å²) < 4.78 is 95.9. The van der Waals surface area contributed by atoms with E-state index in [1.807, 2.05) is 0 Å². The number of rotatable bonds is 10. The molecule has 204 valence electrons. The number of hydrogen-bond acceptors (Lipinski definition) is 5. The maximum absolute atomic E-state index is 14.6. The second-order valence-corrected chi connectivity index (χ2v) is 8.79. The van der Waals surface area contributed by atoms with Gasteiger partial charge in [-0.1, -0.05) is 18.2 Å². The highest BCUT2D eigenvalue weighted by molar-refractivity contribution is 5.89. The van der Waals surface area contributed by atoms with Gasteiger partial charge in [0.25, 0.3) is 0 Å². The van der Waals surface area contributed by atoms with Crippen LogP contribution in [0.1, 0.15) is 40.9 Å². The minimum atomic E-state index is -4.89. The Morgan fingerprint density at radius 2 is 1.61 bits per heavy atom. The van der Waals surface area contributed by atoms with E-state index in [1.165, 1.54) is 31.4 Å². The predicted octanol–water partition coefficient (Wildman–Crippen LogP) is 6.22. The highest BCUT2D eigenvalue weighted by atomic mass is 19.3. The normalized spacial score (nSPS) is 13.4. The number of ether oxygens (including phenoxy) is 3. The Labute approximate surface area is 215 Å². The van der Waals surface area contributed by atoms with Crippen molar-refractivity contribution < 1.29 is 45.3 Å². The fraction of sp³-hybridized carbons (Fsp3) is 0.296. The summed E-state index contributed by atoms with van der Waals surface area (Å²) in [5, 5.41) is 0. The van der Waals surface area contributed by atoms with Crippen molar-refractivity contribution >= 4 is 5.97 Å². The van der Waals surface area contributed by atoms with Crippen molar-refractivity contribution in [1.29, 1.82) is 0 Å². The zero-order valence-corrected chi connectivity index (χ0v) is 20.6. The summed E-state index contributed by atoms with van der Waals surface area (Å²) in [6.07, 6.45) is -9.59. The van der Waals surface area contributed by atoms with Crippen LogP contribution in [0.3, 0.4) is 0 Å². The van der Waals surface area contributed by atoms with E-state index in [-0.39, 0.29) is 28.9 Å². The Morgan fingerprint density at radius 3 is 2.18 bits per heavy atom. The maximum Gasteiger partial charge on any atom is 0.461 e. The molecule has 38 heavy (non-hydrogen) atoms. The van der Waals surface area contributed by atoms with Crippen molar-refractivity contribution in [2.45, 2.75) is 44.4 Å². The number of nitrogens with two attached hydrogens (primary N) is 1. The summed E-state index contributed by atoms with van der Waals surface area (Å²) in [4.78, 5) is 11.8. The Balaban J connectivity index is 2.16. The van der Waals surface area contributed by atoms with Crippen LogP contribution >= 0.6 is 0 Å². The molecule has 3 rings (SSSR count). The van der Waals surface area contributed by atoms with Gasteiger partial charge < -0.3 is 19.9 Å². The second-order valence-electron chi connectivity index (χ2n) is 8.79. The van der Waals surface area contributed by atoms with Gasteiger partial charge in [0.15, 0.2) is 11.6 Å². The van der Waals surface area contributed by atoms with Crippen LogP contribution in [-0.4, -0.2) is 31.7 Å². The predicted molar refractivity (Wildman–Crippen MR) is 127 cm³/mol. The molecule has 0 heterocycles. The van der Waals surface area contributed by atoms with Gasteiger partial charge in [0, 0.05) is 6.07 Å². The Bertz CT molecular complexity index is 1280. The van der Waals surface area contributed by atoms with Crippen LogP contribution in [-0.2, 0) is 16.7 Å². The zero-order chi connectivity index (χ0) is 28.3. The molecule has 11 heteroatoms. The topological polar surface area (TPSA) is 70.8 Å². The minimum absolute atomic E-state index is 0.116. The summed E-state index contributed by atoms with van der Waals surface area (Å²) >= 11 is 0. The van der Waals surface area contributed by atoms with Gasteiger partial charge in [-0.2, -0.15) is 17.6 Å². The lowest BCUT2D eigenvalue weighted by Crippen LogP contribution is -2.41. The third-order valence-electron chi connectivity index (χ3n) is 5.56. The number of alkyl halides is 4. The summed E-state index contributed by atoms with van der Waals surface area (Å²) in [5.74, 6) is -3.42. The van der Waals surface area contributed by atoms with Crippen LogP contribution < -0.4 is 15.2 Å². The number of carbonyl (C=O) groups is 1. The van der Waals surface area contributed by atoms with Gasteiger partial charge in [-0.3, -0.25) is 0 Å². The first kappa shape index (κ1) is 28.8. The largest absolute Gasteiger partial charge is 0.488 e. The third-order valence-corrected chi connectivity index (χ3v) is 5.56. The molecule has 0 aliphatic heterocycles. The molecule has 0 radical (unpaired) electrons. The van der Waals surface area contributed by atoms with Crippen LogP contribution in [0.4, 0.5) is 26.3 Å². The molecular formula is C27H25F6NO4. The Morgan fingerprint density at radius 1 is 0.947 bits per heavy atom. The summed E-state index contributed by atoms with van der Waals surface area (Å²) in [6, 6.07) is 12.1. The quantitative estimate of drug-likeness (QED) is 0.244. The number of carbonyl (C=O) groups excluding carboxylic acids is 1. The van der Waals surface area contributed by atoms with Crippen molar-refractivity contribution in [3.8, 4) is 11.5 Å². The Kier molecular flexibility index (Phi) is 8.61. The molecule has 0 aliphatic rings. The lowest BCUT2D eigenvalue weighted by Gasteiger charge is -2.32. The first-order valence-electron chi connectivity index (χ1n) is 11.3. The molecule has 0 aliphatic carbocycles. The number of benzene rings is 3. The van der Waals surface area contributed by atoms with Gasteiger partial charge in [0.1, 0.15) is 11.6 Å². The van der Waals surface area contributed by atoms with E-state index < -0.39 is 47.5 Å². The van der Waals surface area contributed by atoms with E-state index in [0.717, 1.165) is 18.2 Å². The van der Waals surface area contributed by atoms with Crippen LogP contribution in [0.2, 0.25) is 0 Å². The van der Waals surface area contributed by atoms with E-state index >= 15 is 0 Å². The SMILES string of the molecule is COC(=O)c1ccc(CC(N)(c2cc(F)cc(OC(F)(F)C(F)F)c2)c2ccc(F)c(OC(C)C)c2)cc1. The molecule has 0 aromatic heterocycles. The molecule has 3 aromatic carbocycles. The van der Waals surface area contributed by atoms with E-state index in [9.17, 15) is 31.1 Å². The smallest absolute Gasteiger partial charge is 0.461 e. The van der Waals surface area contributed by atoms with E-state index in [2.05, 4.69) is 9.47 Å². The fourth-order valence-electron chi connectivity index (χ4n) is 3.78. The highest BCUT2D eigenvalue weighted by Crippen LogP contribution is 2.37. The minimum Gasteiger partial charge on any atom is -0.488 e. The van der Waals surface area contributed by atoms with Crippen molar-refractivity contribution in [3.05, 3.63) is 94.6 Å². The summed E-state index contributed by atoms with van der Waals surface area (Å²) in [5.41, 5.74) is 5.88. The highest BCUT2D eigenvalue weighted by Gasteiger charge is 2.44. The molecule has 0 saturated carbocycles. The second kappa shape index (κ2) is 11.3. The van der Waals surface area contributed by atoms with Crippen LogP contribution in [0.15, 0.2) is 60.7 Å². The first-order valence-corrected chi connectivity index (χ1v) is 11.3. The zero-order valence-electron chi connectivity index (χ0n) is 20.6. The van der Waals surface area contributed by atoms with Crippen molar-refractivity contribution in [2.75, 3.05) is 7.11 Å². The Hall–Kier alpha value is -3.73. The van der Waals surface area contributed by atoms with E-state index in [0.29, 0.717) is 11.6 Å². The molecular weight excluding hydrogens is 516 g/mol. The number of methoxy groups -OCH3 is 1. The van der Waals surface area contributed by atoms with Gasteiger partial charge in [-0.05, 0) is 73.4 Å². The van der Waals surface area contributed by atoms with Gasteiger partial charge in [-0.25, -0.2) is 13.6 Å². The summed E-state index contributed by atoms with van der Waals surface area (Å²) in [6.45, 7) is 3.34. The molecule has 1 unspecified atom stereocenters. The van der Waals surface area contributed by atoms with Gasteiger partial charge in [-0.15, -0.1) is 0 Å². The standard InChI is InChI=1S/C27H25F6NO4/c1-15(2)37-23-12-18(8-9-22(23)29)26(34,14-16-4-6-17(7-5-16)24(35)36-3)19-10-20(28)13-21(11-19)38-27(32,33)25(30)31/h4-13,15,25H,14,34H2,1-3H3. The first-order chi connectivity index (χ1) is 17.7. The monoisotopic (exact) mass is 541 g/mol. The van der Waals surface area contributed by atoms with Crippen LogP contribution in [0.25, 0.3) is 0 Å². The van der Waals surface area contributed by atoms with Gasteiger partial charge in [0.05, 0.1) is 24.3 Å². The summed E-state index contributed by atoms with van der Waals surface area (Å²) in [7, 11) is 1.22. The molecule has 1 atom stereocenters. The molecule has 0 fully saturated rings. The van der Waals surface area contributed by atoms with E-state index in [1.54, 1.807) is 26.0 Å². The molecule has 0 amide bonds. The third kappa shape index (κ3) is 6.58. The molecule has 5 nitrogen and oxygen atoms in total. The van der Waals surface area contributed by atoms with Gasteiger partial charge in [0.2, 0.25) is 0 Å². The van der Waals surface area contributed by atoms with Crippen molar-refractivity contribution in [2.24, 2.45) is 5.73 Å². The fourth-order valence-corrected chi connectivity index (χ4v) is 3.78. The lowest BCUT2D eigenvalue weighted by atomic mass is 9.78. The molecule has 0 spiro atoms.